The highest BCUT2D eigenvalue weighted by molar-refractivity contribution is 9.10. The molecule has 0 aliphatic carbocycles. The summed E-state index contributed by atoms with van der Waals surface area (Å²) in [7, 11) is 1.76. The third kappa shape index (κ3) is 2.51. The third-order valence-corrected chi connectivity index (χ3v) is 3.16. The van der Waals surface area contributed by atoms with Crippen molar-refractivity contribution in [3.63, 3.8) is 0 Å². The summed E-state index contributed by atoms with van der Waals surface area (Å²) in [4.78, 5) is 0. The molecule has 0 amide bonds. The second-order valence-electron chi connectivity index (χ2n) is 3.64. The van der Waals surface area contributed by atoms with Gasteiger partial charge in [0.05, 0.1) is 10.6 Å². The Balaban J connectivity index is 3.26. The summed E-state index contributed by atoms with van der Waals surface area (Å²) in [6.45, 7) is 4.27. The van der Waals surface area contributed by atoms with Crippen molar-refractivity contribution in [2.45, 2.75) is 20.0 Å². The highest BCUT2D eigenvalue weighted by Gasteiger charge is 2.18. The Morgan fingerprint density at radius 1 is 1.47 bits per heavy atom. The number of benzene rings is 1. The molecule has 3 N–H and O–H groups in total. The van der Waals surface area contributed by atoms with E-state index in [4.69, 9.17) is 0 Å². The summed E-state index contributed by atoms with van der Waals surface area (Å²) in [5.41, 5.74) is 2.57. The second-order valence-corrected chi connectivity index (χ2v) is 4.49. The Bertz CT molecular complexity index is 340. The summed E-state index contributed by atoms with van der Waals surface area (Å²) < 4.78 is 0.621. The summed E-state index contributed by atoms with van der Waals surface area (Å²) in [5, 5.41) is 22.6. The van der Waals surface area contributed by atoms with Crippen molar-refractivity contribution in [3.8, 4) is 5.75 Å². The number of likely N-dealkylation sites (N-methyl/N-ethyl adjacent to an activating group) is 1. The van der Waals surface area contributed by atoms with Gasteiger partial charge < -0.3 is 15.5 Å². The number of rotatable bonds is 3. The zero-order valence-corrected chi connectivity index (χ0v) is 10.7. The van der Waals surface area contributed by atoms with Gasteiger partial charge in [0.15, 0.2) is 0 Å². The number of phenols is 1. The molecule has 0 aromatic heterocycles. The van der Waals surface area contributed by atoms with Crippen LogP contribution in [0.4, 0.5) is 0 Å². The lowest BCUT2D eigenvalue weighted by atomic mass is 9.98. The lowest BCUT2D eigenvalue weighted by Gasteiger charge is -2.17. The van der Waals surface area contributed by atoms with Crippen LogP contribution < -0.4 is 5.32 Å². The van der Waals surface area contributed by atoms with E-state index in [-0.39, 0.29) is 5.75 Å². The van der Waals surface area contributed by atoms with Gasteiger partial charge in [-0.1, -0.05) is 0 Å². The fourth-order valence-electron chi connectivity index (χ4n) is 1.59. The Hall–Kier alpha value is -0.580. The van der Waals surface area contributed by atoms with E-state index in [0.717, 1.165) is 11.1 Å². The standard InChI is InChI=1S/C11H16BrNO2/c1-6-4-8(12)11(15)10(7(6)2)9(14)5-13-3/h4,9,13-15H,5H2,1-3H3. The van der Waals surface area contributed by atoms with Crippen molar-refractivity contribution in [3.05, 3.63) is 27.2 Å². The smallest absolute Gasteiger partial charge is 0.135 e. The first-order chi connectivity index (χ1) is 6.99. The molecule has 0 heterocycles. The second kappa shape index (κ2) is 4.96. The first kappa shape index (κ1) is 12.5. The largest absolute Gasteiger partial charge is 0.506 e. The number of phenolic OH excluding ortho intramolecular Hbond substituents is 1. The molecule has 0 bridgehead atoms. The van der Waals surface area contributed by atoms with Gasteiger partial charge in [0.2, 0.25) is 0 Å². The average Bonchev–Trinajstić information content (AvgIpc) is 2.16. The number of aliphatic hydroxyl groups is 1. The van der Waals surface area contributed by atoms with Crippen LogP contribution in [0.3, 0.4) is 0 Å². The molecule has 1 aromatic rings. The Labute approximate surface area is 98.3 Å². The first-order valence-electron chi connectivity index (χ1n) is 4.80. The summed E-state index contributed by atoms with van der Waals surface area (Å²) >= 11 is 3.27. The molecule has 4 heteroatoms. The SMILES string of the molecule is CNCC(O)c1c(C)c(C)cc(Br)c1O. The van der Waals surface area contributed by atoms with Crippen molar-refractivity contribution in [1.29, 1.82) is 0 Å². The zero-order chi connectivity index (χ0) is 11.6. The van der Waals surface area contributed by atoms with Crippen LogP contribution in [0, 0.1) is 13.8 Å². The number of hydrogen-bond donors (Lipinski definition) is 3. The van der Waals surface area contributed by atoms with Gasteiger partial charge in [-0.2, -0.15) is 0 Å². The highest BCUT2D eigenvalue weighted by atomic mass is 79.9. The minimum absolute atomic E-state index is 0.126. The molecule has 1 atom stereocenters. The molecule has 0 aliphatic heterocycles. The average molecular weight is 274 g/mol. The summed E-state index contributed by atoms with van der Waals surface area (Å²) in [6.07, 6.45) is -0.689. The predicted octanol–water partition coefficient (Wildman–Crippen LogP) is 2.02. The Morgan fingerprint density at radius 2 is 2.07 bits per heavy atom. The van der Waals surface area contributed by atoms with E-state index in [2.05, 4.69) is 21.2 Å². The monoisotopic (exact) mass is 273 g/mol. The molecule has 3 nitrogen and oxygen atoms in total. The number of nitrogens with one attached hydrogen (secondary N) is 1. The van der Waals surface area contributed by atoms with Crippen molar-refractivity contribution in [1.82, 2.24) is 5.32 Å². The topological polar surface area (TPSA) is 52.5 Å². The minimum atomic E-state index is -0.689. The Kier molecular flexibility index (Phi) is 4.13. The van der Waals surface area contributed by atoms with E-state index in [1.54, 1.807) is 7.05 Å². The van der Waals surface area contributed by atoms with Crippen LogP contribution in [-0.2, 0) is 0 Å². The first-order valence-corrected chi connectivity index (χ1v) is 5.59. The van der Waals surface area contributed by atoms with E-state index >= 15 is 0 Å². The van der Waals surface area contributed by atoms with Gasteiger partial charge in [-0.25, -0.2) is 0 Å². The van der Waals surface area contributed by atoms with E-state index in [9.17, 15) is 10.2 Å². The summed E-state index contributed by atoms with van der Waals surface area (Å²) in [6, 6.07) is 1.85. The quantitative estimate of drug-likeness (QED) is 0.790. The lowest BCUT2D eigenvalue weighted by Crippen LogP contribution is -2.18. The maximum Gasteiger partial charge on any atom is 0.135 e. The van der Waals surface area contributed by atoms with Crippen LogP contribution in [-0.4, -0.2) is 23.8 Å². The van der Waals surface area contributed by atoms with E-state index in [0.29, 0.717) is 16.6 Å². The molecule has 1 unspecified atom stereocenters. The number of aromatic hydroxyl groups is 1. The van der Waals surface area contributed by atoms with Gasteiger partial charge in [-0.05, 0) is 54.0 Å². The number of hydrogen-bond acceptors (Lipinski definition) is 3. The molecule has 0 radical (unpaired) electrons. The maximum atomic E-state index is 9.89. The fraction of sp³-hybridized carbons (Fsp3) is 0.455. The van der Waals surface area contributed by atoms with E-state index in [1.807, 2.05) is 19.9 Å². The molecule has 84 valence electrons. The number of halogens is 1. The molecule has 0 saturated carbocycles. The van der Waals surface area contributed by atoms with Gasteiger partial charge in [-0.3, -0.25) is 0 Å². The number of aliphatic hydroxyl groups excluding tert-OH is 1. The van der Waals surface area contributed by atoms with Crippen molar-refractivity contribution >= 4 is 15.9 Å². The van der Waals surface area contributed by atoms with Crippen LogP contribution in [0.1, 0.15) is 22.8 Å². The molecule has 1 rings (SSSR count). The van der Waals surface area contributed by atoms with Crippen LogP contribution in [0.25, 0.3) is 0 Å². The third-order valence-electron chi connectivity index (χ3n) is 2.55. The van der Waals surface area contributed by atoms with Crippen LogP contribution >= 0.6 is 15.9 Å². The van der Waals surface area contributed by atoms with Crippen LogP contribution in [0.15, 0.2) is 10.5 Å². The molecule has 15 heavy (non-hydrogen) atoms. The van der Waals surface area contributed by atoms with Gasteiger partial charge in [0.1, 0.15) is 5.75 Å². The normalized spacial score (nSPS) is 12.9. The van der Waals surface area contributed by atoms with Gasteiger partial charge in [-0.15, -0.1) is 0 Å². The molecular formula is C11H16BrNO2. The maximum absolute atomic E-state index is 9.89. The lowest BCUT2D eigenvalue weighted by molar-refractivity contribution is 0.173. The minimum Gasteiger partial charge on any atom is -0.506 e. The van der Waals surface area contributed by atoms with E-state index < -0.39 is 6.10 Å². The van der Waals surface area contributed by atoms with Crippen molar-refractivity contribution < 1.29 is 10.2 Å². The highest BCUT2D eigenvalue weighted by Crippen LogP contribution is 2.36. The van der Waals surface area contributed by atoms with Crippen LogP contribution in [0.2, 0.25) is 0 Å². The van der Waals surface area contributed by atoms with Gasteiger partial charge in [0.25, 0.3) is 0 Å². The van der Waals surface area contributed by atoms with Crippen molar-refractivity contribution in [2.75, 3.05) is 13.6 Å². The molecule has 0 fully saturated rings. The molecule has 1 aromatic carbocycles. The van der Waals surface area contributed by atoms with Gasteiger partial charge >= 0.3 is 0 Å². The zero-order valence-electron chi connectivity index (χ0n) is 9.13. The molecule has 0 saturated heterocycles. The van der Waals surface area contributed by atoms with Crippen molar-refractivity contribution in [2.24, 2.45) is 0 Å². The fourth-order valence-corrected chi connectivity index (χ4v) is 2.15. The molecular weight excluding hydrogens is 258 g/mol. The van der Waals surface area contributed by atoms with E-state index in [1.165, 1.54) is 0 Å². The van der Waals surface area contributed by atoms with Gasteiger partial charge in [0, 0.05) is 12.1 Å². The molecule has 0 spiro atoms. The van der Waals surface area contributed by atoms with Crippen LogP contribution in [0.5, 0.6) is 5.75 Å². The Morgan fingerprint density at radius 3 is 2.60 bits per heavy atom. The predicted molar refractivity (Wildman–Crippen MR) is 64.2 cm³/mol. The molecule has 0 aliphatic rings. The number of aryl methyl sites for hydroxylation is 1. The summed E-state index contributed by atoms with van der Waals surface area (Å²) in [5.74, 6) is 0.126.